The molecule has 2 aromatic carbocycles. The maximum Gasteiger partial charge on any atom is 0.225 e. The van der Waals surface area contributed by atoms with Crippen LogP contribution in [-0.4, -0.2) is 19.5 Å². The number of aromatic nitrogens is 4. The second-order valence-electron chi connectivity index (χ2n) is 7.06. The zero-order valence-electron chi connectivity index (χ0n) is 16.3. The van der Waals surface area contributed by atoms with Crippen LogP contribution in [-0.2, 0) is 6.42 Å². The lowest BCUT2D eigenvalue weighted by Crippen LogP contribution is -2.10. The minimum atomic E-state index is 0.122. The number of hydrogen-bond donors (Lipinski definition) is 1. The van der Waals surface area contributed by atoms with Gasteiger partial charge in [-0.3, -0.25) is 4.57 Å². The molecule has 2 aromatic heterocycles. The second-order valence-corrected chi connectivity index (χ2v) is 7.06. The van der Waals surface area contributed by atoms with Gasteiger partial charge in [0, 0.05) is 6.20 Å². The maximum absolute atomic E-state index is 4.70. The molecule has 0 bridgehead atoms. The van der Waals surface area contributed by atoms with Crippen LogP contribution in [0.4, 0.5) is 5.95 Å². The molecule has 0 aliphatic heterocycles. The van der Waals surface area contributed by atoms with Crippen molar-refractivity contribution >= 4 is 17.0 Å². The van der Waals surface area contributed by atoms with E-state index in [1.165, 1.54) is 24.0 Å². The van der Waals surface area contributed by atoms with E-state index in [-0.39, 0.29) is 6.04 Å². The summed E-state index contributed by atoms with van der Waals surface area (Å²) in [6.45, 7) is 4.32. The van der Waals surface area contributed by atoms with Gasteiger partial charge in [0.15, 0.2) is 0 Å². The van der Waals surface area contributed by atoms with Crippen molar-refractivity contribution in [3.05, 3.63) is 78.2 Å². The zero-order chi connectivity index (χ0) is 19.3. The van der Waals surface area contributed by atoms with Crippen LogP contribution in [0.25, 0.3) is 16.9 Å². The average Bonchev–Trinajstić information content (AvgIpc) is 3.16. The van der Waals surface area contributed by atoms with Crippen LogP contribution in [0.2, 0.25) is 0 Å². The molecule has 4 aromatic rings. The van der Waals surface area contributed by atoms with E-state index in [4.69, 9.17) is 4.98 Å². The molecule has 0 fully saturated rings. The Morgan fingerprint density at radius 2 is 1.89 bits per heavy atom. The summed E-state index contributed by atoms with van der Waals surface area (Å²) in [4.78, 5) is 13.7. The Balaban J connectivity index is 1.59. The van der Waals surface area contributed by atoms with Crippen molar-refractivity contribution in [2.24, 2.45) is 0 Å². The van der Waals surface area contributed by atoms with E-state index in [0.717, 1.165) is 23.3 Å². The fraction of sp³-hybridized carbons (Fsp3) is 0.261. The Hall–Kier alpha value is -3.21. The molecule has 0 saturated carbocycles. The van der Waals surface area contributed by atoms with Gasteiger partial charge in [-0.1, -0.05) is 49.7 Å². The fourth-order valence-electron chi connectivity index (χ4n) is 3.35. The maximum atomic E-state index is 4.70. The van der Waals surface area contributed by atoms with Gasteiger partial charge in [0.05, 0.1) is 17.1 Å². The third kappa shape index (κ3) is 3.88. The van der Waals surface area contributed by atoms with Crippen molar-refractivity contribution in [1.82, 2.24) is 19.5 Å². The molecular formula is C23H25N5. The predicted octanol–water partition coefficient (Wildman–Crippen LogP) is 5.33. The molecule has 1 unspecified atom stereocenters. The first-order valence-corrected chi connectivity index (χ1v) is 9.85. The number of nitrogens with one attached hydrogen (secondary N) is 1. The van der Waals surface area contributed by atoms with Gasteiger partial charge in [0.25, 0.3) is 0 Å². The topological polar surface area (TPSA) is 55.6 Å². The van der Waals surface area contributed by atoms with Crippen LogP contribution in [0.3, 0.4) is 0 Å². The van der Waals surface area contributed by atoms with Crippen molar-refractivity contribution in [1.29, 1.82) is 0 Å². The fourth-order valence-corrected chi connectivity index (χ4v) is 3.35. The van der Waals surface area contributed by atoms with Crippen molar-refractivity contribution in [3.63, 3.8) is 0 Å². The van der Waals surface area contributed by atoms with E-state index in [0.29, 0.717) is 5.95 Å². The SMILES string of the molecule is CCCCc1ccc2c(c1)ncn2-c1ccnc(NC(C)c2ccccc2)n1. The second kappa shape index (κ2) is 8.21. The van der Waals surface area contributed by atoms with E-state index in [2.05, 4.69) is 59.5 Å². The molecular weight excluding hydrogens is 346 g/mol. The number of benzene rings is 2. The number of nitrogens with zero attached hydrogens (tertiary/aromatic N) is 4. The Labute approximate surface area is 165 Å². The van der Waals surface area contributed by atoms with Gasteiger partial charge in [-0.05, 0) is 49.1 Å². The molecule has 0 spiro atoms. The molecule has 142 valence electrons. The zero-order valence-corrected chi connectivity index (χ0v) is 16.3. The van der Waals surface area contributed by atoms with Crippen molar-refractivity contribution < 1.29 is 0 Å². The number of anilines is 1. The van der Waals surface area contributed by atoms with Gasteiger partial charge in [0.2, 0.25) is 5.95 Å². The summed E-state index contributed by atoms with van der Waals surface area (Å²) in [5.41, 5.74) is 4.59. The van der Waals surface area contributed by atoms with Crippen LogP contribution >= 0.6 is 0 Å². The number of aryl methyl sites for hydroxylation is 1. The number of imidazole rings is 1. The van der Waals surface area contributed by atoms with Crippen molar-refractivity contribution in [2.75, 3.05) is 5.32 Å². The number of hydrogen-bond acceptors (Lipinski definition) is 4. The third-order valence-corrected chi connectivity index (χ3v) is 4.96. The summed E-state index contributed by atoms with van der Waals surface area (Å²) in [7, 11) is 0. The van der Waals surface area contributed by atoms with Crippen molar-refractivity contribution in [2.45, 2.75) is 39.2 Å². The minimum absolute atomic E-state index is 0.122. The van der Waals surface area contributed by atoms with Gasteiger partial charge in [0.1, 0.15) is 12.1 Å². The van der Waals surface area contributed by atoms with Crippen LogP contribution < -0.4 is 5.32 Å². The Kier molecular flexibility index (Phi) is 5.33. The molecule has 0 saturated heterocycles. The summed E-state index contributed by atoms with van der Waals surface area (Å²) >= 11 is 0. The first kappa shape index (κ1) is 18.2. The highest BCUT2D eigenvalue weighted by molar-refractivity contribution is 5.77. The summed E-state index contributed by atoms with van der Waals surface area (Å²) in [6, 6.07) is 18.8. The molecule has 0 aliphatic carbocycles. The normalized spacial score (nSPS) is 12.2. The van der Waals surface area contributed by atoms with E-state index >= 15 is 0 Å². The lowest BCUT2D eigenvalue weighted by Gasteiger charge is -2.14. The molecule has 0 radical (unpaired) electrons. The number of unbranched alkanes of at least 4 members (excludes halogenated alkanes) is 1. The standard InChI is InChI=1S/C23H25N5/c1-3-4-8-18-11-12-21-20(15-18)25-16-28(21)22-13-14-24-23(27-22)26-17(2)19-9-6-5-7-10-19/h5-7,9-17H,3-4,8H2,1-2H3,(H,24,26,27). The number of rotatable bonds is 7. The van der Waals surface area contributed by atoms with Crippen molar-refractivity contribution in [3.8, 4) is 5.82 Å². The molecule has 1 N–H and O–H groups in total. The largest absolute Gasteiger partial charge is 0.348 e. The van der Waals surface area contributed by atoms with Crippen LogP contribution in [0.15, 0.2) is 67.1 Å². The molecule has 1 atom stereocenters. The highest BCUT2D eigenvalue weighted by Crippen LogP contribution is 2.21. The lowest BCUT2D eigenvalue weighted by atomic mass is 10.1. The Morgan fingerprint density at radius 3 is 2.71 bits per heavy atom. The van der Waals surface area contributed by atoms with E-state index < -0.39 is 0 Å². The Morgan fingerprint density at radius 1 is 1.04 bits per heavy atom. The van der Waals surface area contributed by atoms with Gasteiger partial charge >= 0.3 is 0 Å². The highest BCUT2D eigenvalue weighted by atomic mass is 15.2. The van der Waals surface area contributed by atoms with Crippen LogP contribution in [0.1, 0.15) is 43.9 Å². The molecule has 5 heteroatoms. The molecule has 2 heterocycles. The van der Waals surface area contributed by atoms with E-state index in [1.807, 2.05) is 35.2 Å². The van der Waals surface area contributed by atoms with Crippen LogP contribution in [0.5, 0.6) is 0 Å². The monoisotopic (exact) mass is 371 g/mol. The quantitative estimate of drug-likeness (QED) is 0.477. The first-order chi connectivity index (χ1) is 13.7. The molecule has 0 amide bonds. The predicted molar refractivity (Wildman–Crippen MR) is 114 cm³/mol. The minimum Gasteiger partial charge on any atom is -0.348 e. The van der Waals surface area contributed by atoms with Gasteiger partial charge < -0.3 is 5.32 Å². The summed E-state index contributed by atoms with van der Waals surface area (Å²) < 4.78 is 2.01. The molecule has 4 rings (SSSR count). The summed E-state index contributed by atoms with van der Waals surface area (Å²) in [5, 5.41) is 3.38. The first-order valence-electron chi connectivity index (χ1n) is 9.85. The third-order valence-electron chi connectivity index (χ3n) is 4.96. The summed E-state index contributed by atoms with van der Waals surface area (Å²) in [6.07, 6.45) is 7.11. The number of fused-ring (bicyclic) bond motifs is 1. The average molecular weight is 371 g/mol. The Bertz CT molecular complexity index is 1050. The van der Waals surface area contributed by atoms with Crippen LogP contribution in [0, 0.1) is 0 Å². The van der Waals surface area contributed by atoms with E-state index in [9.17, 15) is 0 Å². The molecule has 0 aliphatic rings. The van der Waals surface area contributed by atoms with Gasteiger partial charge in [-0.15, -0.1) is 0 Å². The summed E-state index contributed by atoms with van der Waals surface area (Å²) in [5.74, 6) is 1.41. The molecule has 28 heavy (non-hydrogen) atoms. The van der Waals surface area contributed by atoms with E-state index in [1.54, 1.807) is 6.20 Å². The highest BCUT2D eigenvalue weighted by Gasteiger charge is 2.10. The van der Waals surface area contributed by atoms with Gasteiger partial charge in [-0.2, -0.15) is 4.98 Å². The molecule has 5 nitrogen and oxygen atoms in total. The lowest BCUT2D eigenvalue weighted by molar-refractivity contribution is 0.796. The van der Waals surface area contributed by atoms with Gasteiger partial charge in [-0.25, -0.2) is 9.97 Å². The smallest absolute Gasteiger partial charge is 0.225 e.